The van der Waals surface area contributed by atoms with E-state index in [0.717, 1.165) is 11.4 Å². The summed E-state index contributed by atoms with van der Waals surface area (Å²) in [5.41, 5.74) is 3.24. The van der Waals surface area contributed by atoms with Crippen molar-refractivity contribution in [1.82, 2.24) is 0 Å². The largest absolute Gasteiger partial charge is 0.508 e. The van der Waals surface area contributed by atoms with Crippen molar-refractivity contribution in [2.24, 2.45) is 0 Å². The molecule has 2 rings (SSSR count). The molecule has 0 atom stereocenters. The molecule has 2 aromatic rings. The molecule has 2 N–H and O–H groups in total. The number of hydrogen-bond acceptors (Lipinski definition) is 2. The summed E-state index contributed by atoms with van der Waals surface area (Å²) in [6.07, 6.45) is 0. The number of nitrogens with one attached hydrogen (secondary N) is 1. The van der Waals surface area contributed by atoms with Gasteiger partial charge < -0.3 is 10.4 Å². The van der Waals surface area contributed by atoms with Crippen molar-refractivity contribution >= 4 is 11.4 Å². The monoisotopic (exact) mass is 227 g/mol. The first-order valence-corrected chi connectivity index (χ1v) is 5.81. The molecule has 0 aliphatic heterocycles. The Morgan fingerprint density at radius 2 is 1.59 bits per heavy atom. The van der Waals surface area contributed by atoms with Gasteiger partial charge in [0, 0.05) is 17.4 Å². The summed E-state index contributed by atoms with van der Waals surface area (Å²) in [6.45, 7) is 4.35. The predicted octanol–water partition coefficient (Wildman–Crippen LogP) is 4.26. The molecule has 0 aliphatic rings. The Morgan fingerprint density at radius 3 is 2.24 bits per heavy atom. The fraction of sp³-hybridized carbons (Fsp3) is 0.200. The van der Waals surface area contributed by atoms with Crippen LogP contribution in [0, 0.1) is 0 Å². The van der Waals surface area contributed by atoms with Crippen molar-refractivity contribution in [3.63, 3.8) is 0 Å². The summed E-state index contributed by atoms with van der Waals surface area (Å²) in [6, 6.07) is 15.5. The van der Waals surface area contributed by atoms with Crippen LogP contribution in [0.15, 0.2) is 48.5 Å². The van der Waals surface area contributed by atoms with E-state index < -0.39 is 0 Å². The third-order valence-electron chi connectivity index (χ3n) is 2.69. The van der Waals surface area contributed by atoms with Crippen LogP contribution in [0.4, 0.5) is 11.4 Å². The van der Waals surface area contributed by atoms with Crippen LogP contribution in [0.1, 0.15) is 25.3 Å². The fourth-order valence-corrected chi connectivity index (χ4v) is 1.73. The molecule has 17 heavy (non-hydrogen) atoms. The van der Waals surface area contributed by atoms with Gasteiger partial charge in [0.2, 0.25) is 0 Å². The standard InChI is InChI=1S/C15H17NO/c1-11(2)12-5-3-6-13(9-12)16-14-7-4-8-15(17)10-14/h3-11,16-17H,1-2H3. The van der Waals surface area contributed by atoms with E-state index in [0.29, 0.717) is 5.92 Å². The van der Waals surface area contributed by atoms with Crippen molar-refractivity contribution < 1.29 is 5.11 Å². The lowest BCUT2D eigenvalue weighted by Gasteiger charge is -2.10. The summed E-state index contributed by atoms with van der Waals surface area (Å²) in [5, 5.41) is 12.7. The van der Waals surface area contributed by atoms with Crippen LogP contribution >= 0.6 is 0 Å². The molecule has 0 bridgehead atoms. The number of anilines is 2. The molecule has 0 saturated carbocycles. The average molecular weight is 227 g/mol. The van der Waals surface area contributed by atoms with E-state index in [1.165, 1.54) is 5.56 Å². The molecule has 0 aliphatic carbocycles. The first kappa shape index (κ1) is 11.5. The van der Waals surface area contributed by atoms with Gasteiger partial charge in [0.25, 0.3) is 0 Å². The molecule has 0 spiro atoms. The molecule has 0 saturated heterocycles. The molecule has 0 fully saturated rings. The first-order valence-electron chi connectivity index (χ1n) is 5.81. The van der Waals surface area contributed by atoms with E-state index in [4.69, 9.17) is 0 Å². The zero-order chi connectivity index (χ0) is 12.3. The third kappa shape index (κ3) is 3.00. The Balaban J connectivity index is 2.21. The molecular formula is C15H17NO. The fourth-order valence-electron chi connectivity index (χ4n) is 1.73. The maximum atomic E-state index is 9.39. The summed E-state index contributed by atoms with van der Waals surface area (Å²) < 4.78 is 0. The van der Waals surface area contributed by atoms with Gasteiger partial charge in [-0.3, -0.25) is 0 Å². The SMILES string of the molecule is CC(C)c1cccc(Nc2cccc(O)c2)c1. The van der Waals surface area contributed by atoms with Gasteiger partial charge >= 0.3 is 0 Å². The molecule has 2 heteroatoms. The number of hydrogen-bond donors (Lipinski definition) is 2. The summed E-state index contributed by atoms with van der Waals surface area (Å²) in [4.78, 5) is 0. The average Bonchev–Trinajstić information content (AvgIpc) is 2.29. The smallest absolute Gasteiger partial charge is 0.117 e. The second kappa shape index (κ2) is 4.91. The summed E-state index contributed by atoms with van der Waals surface area (Å²) in [7, 11) is 0. The normalized spacial score (nSPS) is 10.5. The summed E-state index contributed by atoms with van der Waals surface area (Å²) >= 11 is 0. The minimum atomic E-state index is 0.273. The second-order valence-corrected chi connectivity index (χ2v) is 4.46. The molecule has 0 aromatic heterocycles. The lowest BCUT2D eigenvalue weighted by Crippen LogP contribution is -1.92. The van der Waals surface area contributed by atoms with Gasteiger partial charge in [0.05, 0.1) is 0 Å². The molecule has 2 aromatic carbocycles. The maximum Gasteiger partial charge on any atom is 0.117 e. The molecule has 0 heterocycles. The van der Waals surface area contributed by atoms with Crippen LogP contribution in [-0.4, -0.2) is 5.11 Å². The lowest BCUT2D eigenvalue weighted by molar-refractivity contribution is 0.475. The van der Waals surface area contributed by atoms with E-state index in [-0.39, 0.29) is 5.75 Å². The molecule has 88 valence electrons. The van der Waals surface area contributed by atoms with Crippen LogP contribution < -0.4 is 5.32 Å². The van der Waals surface area contributed by atoms with E-state index in [1.54, 1.807) is 12.1 Å². The van der Waals surface area contributed by atoms with Gasteiger partial charge in [-0.2, -0.15) is 0 Å². The quantitative estimate of drug-likeness (QED) is 0.821. The van der Waals surface area contributed by atoms with E-state index in [9.17, 15) is 5.11 Å². The first-order chi connectivity index (χ1) is 8.15. The summed E-state index contributed by atoms with van der Waals surface area (Å²) in [5.74, 6) is 0.788. The highest BCUT2D eigenvalue weighted by Gasteiger charge is 2.01. The van der Waals surface area contributed by atoms with E-state index in [1.807, 2.05) is 24.3 Å². The second-order valence-electron chi connectivity index (χ2n) is 4.46. The van der Waals surface area contributed by atoms with Gasteiger partial charge in [-0.15, -0.1) is 0 Å². The van der Waals surface area contributed by atoms with Gasteiger partial charge in [-0.25, -0.2) is 0 Å². The third-order valence-corrected chi connectivity index (χ3v) is 2.69. The molecule has 0 unspecified atom stereocenters. The lowest BCUT2D eigenvalue weighted by atomic mass is 10.0. The number of phenols is 1. The predicted molar refractivity (Wildman–Crippen MR) is 71.9 cm³/mol. The van der Waals surface area contributed by atoms with Gasteiger partial charge in [0.15, 0.2) is 0 Å². The van der Waals surface area contributed by atoms with Crippen molar-refractivity contribution in [3.05, 3.63) is 54.1 Å². The minimum Gasteiger partial charge on any atom is -0.508 e. The Hall–Kier alpha value is -1.96. The Kier molecular flexibility index (Phi) is 3.33. The van der Waals surface area contributed by atoms with Gasteiger partial charge in [-0.1, -0.05) is 32.0 Å². The van der Waals surface area contributed by atoms with Crippen LogP contribution in [-0.2, 0) is 0 Å². The highest BCUT2D eigenvalue weighted by Crippen LogP contribution is 2.23. The number of benzene rings is 2. The minimum absolute atomic E-state index is 0.273. The zero-order valence-corrected chi connectivity index (χ0v) is 10.1. The molecule has 0 amide bonds. The Labute approximate surface area is 102 Å². The van der Waals surface area contributed by atoms with E-state index >= 15 is 0 Å². The van der Waals surface area contributed by atoms with Crippen molar-refractivity contribution in [1.29, 1.82) is 0 Å². The molecule has 0 radical (unpaired) electrons. The number of phenolic OH excluding ortho intramolecular Hbond substituents is 1. The molecule has 2 nitrogen and oxygen atoms in total. The van der Waals surface area contributed by atoms with Crippen LogP contribution in [0.25, 0.3) is 0 Å². The molecular weight excluding hydrogens is 210 g/mol. The Bertz CT molecular complexity index is 506. The van der Waals surface area contributed by atoms with Crippen molar-refractivity contribution in [2.75, 3.05) is 5.32 Å². The zero-order valence-electron chi connectivity index (χ0n) is 10.1. The highest BCUT2D eigenvalue weighted by atomic mass is 16.3. The van der Waals surface area contributed by atoms with Crippen LogP contribution in [0.3, 0.4) is 0 Å². The topological polar surface area (TPSA) is 32.3 Å². The number of rotatable bonds is 3. The number of aromatic hydroxyl groups is 1. The highest BCUT2D eigenvalue weighted by molar-refractivity contribution is 5.61. The van der Waals surface area contributed by atoms with E-state index in [2.05, 4.69) is 31.3 Å². The van der Waals surface area contributed by atoms with Crippen molar-refractivity contribution in [3.8, 4) is 5.75 Å². The van der Waals surface area contributed by atoms with Gasteiger partial charge in [-0.05, 0) is 35.7 Å². The van der Waals surface area contributed by atoms with Crippen molar-refractivity contribution in [2.45, 2.75) is 19.8 Å². The van der Waals surface area contributed by atoms with Gasteiger partial charge in [0.1, 0.15) is 5.75 Å². The maximum absolute atomic E-state index is 9.39. The van der Waals surface area contributed by atoms with Crippen LogP contribution in [0.5, 0.6) is 5.75 Å². The Morgan fingerprint density at radius 1 is 0.941 bits per heavy atom. The van der Waals surface area contributed by atoms with Crippen LogP contribution in [0.2, 0.25) is 0 Å².